The van der Waals surface area contributed by atoms with Crippen molar-refractivity contribution in [3.8, 4) is 6.07 Å². The average Bonchev–Trinajstić information content (AvgIpc) is 2.45. The van der Waals surface area contributed by atoms with Crippen LogP contribution < -0.4 is 5.32 Å². The first-order valence-electron chi connectivity index (χ1n) is 6.95. The summed E-state index contributed by atoms with van der Waals surface area (Å²) < 4.78 is 0. The van der Waals surface area contributed by atoms with E-state index in [1.807, 2.05) is 30.3 Å². The SMILES string of the molecule is CC(CCN(C)C)Nc1ccc(C#N)c2ccccc12. The number of nitrogens with one attached hydrogen (secondary N) is 1. The van der Waals surface area contributed by atoms with E-state index in [-0.39, 0.29) is 0 Å². The molecule has 0 aromatic heterocycles. The van der Waals surface area contributed by atoms with Gasteiger partial charge in [-0.3, -0.25) is 0 Å². The lowest BCUT2D eigenvalue weighted by molar-refractivity contribution is 0.390. The van der Waals surface area contributed by atoms with Crippen LogP contribution in [0.1, 0.15) is 18.9 Å². The zero-order valence-corrected chi connectivity index (χ0v) is 12.4. The molecule has 0 aliphatic carbocycles. The van der Waals surface area contributed by atoms with E-state index in [1.165, 1.54) is 0 Å². The molecule has 0 spiro atoms. The number of nitrogens with zero attached hydrogens (tertiary/aromatic N) is 2. The Hall–Kier alpha value is -2.05. The summed E-state index contributed by atoms with van der Waals surface area (Å²) in [7, 11) is 4.17. The third-order valence-corrected chi connectivity index (χ3v) is 3.46. The topological polar surface area (TPSA) is 39.1 Å². The van der Waals surface area contributed by atoms with Crippen LogP contribution in [-0.4, -0.2) is 31.6 Å². The fourth-order valence-electron chi connectivity index (χ4n) is 2.31. The Labute approximate surface area is 120 Å². The minimum Gasteiger partial charge on any atom is -0.382 e. The van der Waals surface area contributed by atoms with Crippen LogP contribution in [0.3, 0.4) is 0 Å². The lowest BCUT2D eigenvalue weighted by Crippen LogP contribution is -2.23. The lowest BCUT2D eigenvalue weighted by Gasteiger charge is -2.19. The molecule has 104 valence electrons. The van der Waals surface area contributed by atoms with Gasteiger partial charge in [-0.2, -0.15) is 5.26 Å². The molecule has 0 aliphatic heterocycles. The Morgan fingerprint density at radius 1 is 1.15 bits per heavy atom. The van der Waals surface area contributed by atoms with Crippen LogP contribution in [-0.2, 0) is 0 Å². The zero-order valence-electron chi connectivity index (χ0n) is 12.4. The second-order valence-electron chi connectivity index (χ2n) is 5.46. The molecule has 2 aromatic carbocycles. The number of nitriles is 1. The Bertz CT molecular complexity index is 626. The molecule has 3 nitrogen and oxygen atoms in total. The molecule has 2 aromatic rings. The van der Waals surface area contributed by atoms with Gasteiger partial charge in [0.1, 0.15) is 0 Å². The van der Waals surface area contributed by atoms with Crippen LogP contribution in [0, 0.1) is 11.3 Å². The van der Waals surface area contributed by atoms with Crippen LogP contribution in [0.5, 0.6) is 0 Å². The molecule has 0 heterocycles. The van der Waals surface area contributed by atoms with Crippen molar-refractivity contribution in [2.75, 3.05) is 26.0 Å². The minimum absolute atomic E-state index is 0.397. The van der Waals surface area contributed by atoms with Gasteiger partial charge in [0.2, 0.25) is 0 Å². The normalized spacial score (nSPS) is 12.3. The standard InChI is InChI=1S/C17H21N3/c1-13(10-11-20(2)3)19-17-9-8-14(12-18)15-6-4-5-7-16(15)17/h4-9,13,19H,10-11H2,1-3H3. The Morgan fingerprint density at radius 3 is 2.50 bits per heavy atom. The maximum absolute atomic E-state index is 9.18. The third-order valence-electron chi connectivity index (χ3n) is 3.46. The van der Waals surface area contributed by atoms with Gasteiger partial charge in [-0.15, -0.1) is 0 Å². The molecule has 0 fully saturated rings. The maximum Gasteiger partial charge on any atom is 0.0998 e. The molecule has 0 bridgehead atoms. The summed E-state index contributed by atoms with van der Waals surface area (Å²) in [5.74, 6) is 0. The van der Waals surface area contributed by atoms with Crippen molar-refractivity contribution in [2.24, 2.45) is 0 Å². The molecule has 1 N–H and O–H groups in total. The highest BCUT2D eigenvalue weighted by atomic mass is 15.1. The fourth-order valence-corrected chi connectivity index (χ4v) is 2.31. The van der Waals surface area contributed by atoms with Gasteiger partial charge in [0.25, 0.3) is 0 Å². The lowest BCUT2D eigenvalue weighted by atomic mass is 10.0. The molecule has 0 amide bonds. The van der Waals surface area contributed by atoms with E-state index in [4.69, 9.17) is 0 Å². The van der Waals surface area contributed by atoms with Gasteiger partial charge >= 0.3 is 0 Å². The highest BCUT2D eigenvalue weighted by Crippen LogP contribution is 2.27. The van der Waals surface area contributed by atoms with Crippen molar-refractivity contribution in [1.29, 1.82) is 5.26 Å². The van der Waals surface area contributed by atoms with Gasteiger partial charge in [0, 0.05) is 22.5 Å². The monoisotopic (exact) mass is 267 g/mol. The third kappa shape index (κ3) is 3.28. The Balaban J connectivity index is 2.25. The number of rotatable bonds is 5. The number of hydrogen-bond acceptors (Lipinski definition) is 3. The summed E-state index contributed by atoms with van der Waals surface area (Å²) in [6, 6.07) is 14.6. The van der Waals surface area contributed by atoms with Gasteiger partial charge < -0.3 is 10.2 Å². The molecule has 0 saturated carbocycles. The van der Waals surface area contributed by atoms with Crippen LogP contribution in [0.25, 0.3) is 10.8 Å². The molecule has 3 heteroatoms. The number of benzene rings is 2. The van der Waals surface area contributed by atoms with E-state index < -0.39 is 0 Å². The molecule has 1 atom stereocenters. The van der Waals surface area contributed by atoms with Crippen LogP contribution in [0.4, 0.5) is 5.69 Å². The molecule has 20 heavy (non-hydrogen) atoms. The Kier molecular flexibility index (Phi) is 4.60. The van der Waals surface area contributed by atoms with E-state index in [9.17, 15) is 5.26 Å². The largest absolute Gasteiger partial charge is 0.382 e. The second kappa shape index (κ2) is 6.40. The molecule has 0 aliphatic rings. The number of fused-ring (bicyclic) bond motifs is 1. The van der Waals surface area contributed by atoms with Crippen LogP contribution in [0.2, 0.25) is 0 Å². The van der Waals surface area contributed by atoms with E-state index in [2.05, 4.69) is 43.4 Å². The highest BCUT2D eigenvalue weighted by molar-refractivity contribution is 5.97. The summed E-state index contributed by atoms with van der Waals surface area (Å²) in [6.45, 7) is 3.25. The first kappa shape index (κ1) is 14.4. The van der Waals surface area contributed by atoms with Crippen molar-refractivity contribution >= 4 is 16.5 Å². The zero-order chi connectivity index (χ0) is 14.5. The van der Waals surface area contributed by atoms with Crippen molar-refractivity contribution in [2.45, 2.75) is 19.4 Å². The summed E-state index contributed by atoms with van der Waals surface area (Å²) in [4.78, 5) is 2.19. The van der Waals surface area contributed by atoms with E-state index in [0.717, 1.165) is 35.0 Å². The van der Waals surface area contributed by atoms with Crippen LogP contribution >= 0.6 is 0 Å². The minimum atomic E-state index is 0.397. The van der Waals surface area contributed by atoms with Gasteiger partial charge in [-0.05, 0) is 46.1 Å². The van der Waals surface area contributed by atoms with Gasteiger partial charge in [-0.1, -0.05) is 24.3 Å². The predicted molar refractivity (Wildman–Crippen MR) is 84.9 cm³/mol. The highest BCUT2D eigenvalue weighted by Gasteiger charge is 2.08. The second-order valence-corrected chi connectivity index (χ2v) is 5.46. The smallest absolute Gasteiger partial charge is 0.0998 e. The van der Waals surface area contributed by atoms with Crippen molar-refractivity contribution in [1.82, 2.24) is 4.90 Å². The number of hydrogen-bond donors (Lipinski definition) is 1. The maximum atomic E-state index is 9.18. The van der Waals surface area contributed by atoms with E-state index in [0.29, 0.717) is 6.04 Å². The molecule has 0 radical (unpaired) electrons. The first-order valence-corrected chi connectivity index (χ1v) is 6.95. The Morgan fingerprint density at radius 2 is 1.85 bits per heavy atom. The quantitative estimate of drug-likeness (QED) is 0.901. The summed E-state index contributed by atoms with van der Waals surface area (Å²) >= 11 is 0. The van der Waals surface area contributed by atoms with E-state index >= 15 is 0 Å². The molecule has 1 unspecified atom stereocenters. The molecular weight excluding hydrogens is 246 g/mol. The molecule has 0 saturated heterocycles. The molecule has 2 rings (SSSR count). The summed E-state index contributed by atoms with van der Waals surface area (Å²) in [5, 5.41) is 14.9. The van der Waals surface area contributed by atoms with Gasteiger partial charge in [0.05, 0.1) is 11.6 Å². The summed E-state index contributed by atoms with van der Waals surface area (Å²) in [6.07, 6.45) is 1.08. The van der Waals surface area contributed by atoms with Gasteiger partial charge in [0.15, 0.2) is 0 Å². The first-order chi connectivity index (χ1) is 9.61. The number of anilines is 1. The molecular formula is C17H21N3. The van der Waals surface area contributed by atoms with Gasteiger partial charge in [-0.25, -0.2) is 0 Å². The fraction of sp³-hybridized carbons (Fsp3) is 0.353. The van der Waals surface area contributed by atoms with Crippen molar-refractivity contribution < 1.29 is 0 Å². The van der Waals surface area contributed by atoms with E-state index in [1.54, 1.807) is 0 Å². The average molecular weight is 267 g/mol. The van der Waals surface area contributed by atoms with Crippen LogP contribution in [0.15, 0.2) is 36.4 Å². The predicted octanol–water partition coefficient (Wildman–Crippen LogP) is 3.46. The van der Waals surface area contributed by atoms with Crippen molar-refractivity contribution in [3.05, 3.63) is 42.0 Å². The summed E-state index contributed by atoms with van der Waals surface area (Å²) in [5.41, 5.74) is 1.83. The van der Waals surface area contributed by atoms with Crippen molar-refractivity contribution in [3.63, 3.8) is 0 Å².